The molecule has 0 spiro atoms. The van der Waals surface area contributed by atoms with Crippen LogP contribution in [0.15, 0.2) is 12.3 Å². The summed E-state index contributed by atoms with van der Waals surface area (Å²) in [6.07, 6.45) is 1.55. The van der Waals surface area contributed by atoms with Gasteiger partial charge in [0, 0.05) is 6.20 Å². The molecule has 0 amide bonds. The molecule has 9 heavy (non-hydrogen) atoms. The molecule has 0 fully saturated rings. The Kier molecular flexibility index (Phi) is 1.58. The predicted molar refractivity (Wildman–Crippen MR) is 35.6 cm³/mol. The number of halogens is 1. The zero-order valence-corrected chi connectivity index (χ0v) is 5.68. The van der Waals surface area contributed by atoms with E-state index in [9.17, 15) is 0 Å². The van der Waals surface area contributed by atoms with E-state index >= 15 is 0 Å². The van der Waals surface area contributed by atoms with Crippen molar-refractivity contribution in [2.75, 3.05) is 0 Å². The Morgan fingerprint density at radius 2 is 2.33 bits per heavy atom. The van der Waals surface area contributed by atoms with E-state index in [1.54, 1.807) is 19.2 Å². The van der Waals surface area contributed by atoms with Crippen molar-refractivity contribution in [1.29, 1.82) is 0 Å². The number of rotatable bonds is 0. The molecule has 0 radical (unpaired) electrons. The zero-order valence-electron chi connectivity index (χ0n) is 4.93. The lowest BCUT2D eigenvalue weighted by Crippen LogP contribution is -1.79. The molecular formula is C6H6ClNO. The summed E-state index contributed by atoms with van der Waals surface area (Å²) in [5.41, 5.74) is 0.558. The highest BCUT2D eigenvalue weighted by Gasteiger charge is 1.98. The largest absolute Gasteiger partial charge is 0.505 e. The van der Waals surface area contributed by atoms with E-state index in [4.69, 9.17) is 16.7 Å². The first kappa shape index (κ1) is 6.36. The van der Waals surface area contributed by atoms with Crippen LogP contribution in [-0.2, 0) is 0 Å². The fraction of sp³-hybridized carbons (Fsp3) is 0.167. The van der Waals surface area contributed by atoms with E-state index in [0.717, 1.165) is 0 Å². The Hall–Kier alpha value is -0.760. The van der Waals surface area contributed by atoms with Crippen LogP contribution in [0.1, 0.15) is 5.69 Å². The summed E-state index contributed by atoms with van der Waals surface area (Å²) in [6.45, 7) is 1.70. The van der Waals surface area contributed by atoms with Crippen molar-refractivity contribution in [1.82, 2.24) is 4.98 Å². The maximum absolute atomic E-state index is 9.01. The Labute approximate surface area is 58.1 Å². The van der Waals surface area contributed by atoms with Gasteiger partial charge in [0.2, 0.25) is 0 Å². The standard InChI is InChI=1S/C6H6ClNO/c1-4-6(9)5(7)2-3-8-4/h2-3,9H,1H3. The zero-order chi connectivity index (χ0) is 6.85. The highest BCUT2D eigenvalue weighted by atomic mass is 35.5. The van der Waals surface area contributed by atoms with Crippen molar-refractivity contribution >= 4 is 11.6 Å². The van der Waals surface area contributed by atoms with E-state index in [1.165, 1.54) is 0 Å². The smallest absolute Gasteiger partial charge is 0.155 e. The van der Waals surface area contributed by atoms with Crippen LogP contribution in [0.5, 0.6) is 5.75 Å². The average Bonchev–Trinajstić information content (AvgIpc) is 1.83. The maximum Gasteiger partial charge on any atom is 0.155 e. The van der Waals surface area contributed by atoms with Crippen molar-refractivity contribution in [3.8, 4) is 5.75 Å². The highest BCUT2D eigenvalue weighted by Crippen LogP contribution is 2.23. The van der Waals surface area contributed by atoms with Crippen molar-refractivity contribution in [2.24, 2.45) is 0 Å². The lowest BCUT2D eigenvalue weighted by Gasteiger charge is -1.96. The molecule has 2 nitrogen and oxygen atoms in total. The topological polar surface area (TPSA) is 33.1 Å². The van der Waals surface area contributed by atoms with Crippen LogP contribution in [0.4, 0.5) is 0 Å². The molecule has 0 unspecified atom stereocenters. The number of aromatic hydroxyl groups is 1. The van der Waals surface area contributed by atoms with E-state index in [-0.39, 0.29) is 5.75 Å². The minimum Gasteiger partial charge on any atom is -0.505 e. The summed E-state index contributed by atoms with van der Waals surface area (Å²) >= 11 is 5.52. The number of aromatic nitrogens is 1. The van der Waals surface area contributed by atoms with Gasteiger partial charge in [0.05, 0.1) is 10.7 Å². The minimum absolute atomic E-state index is 0.0687. The Bertz CT molecular complexity index is 204. The number of hydrogen-bond donors (Lipinski definition) is 1. The third kappa shape index (κ3) is 1.13. The van der Waals surface area contributed by atoms with Gasteiger partial charge in [-0.3, -0.25) is 4.98 Å². The second-order valence-electron chi connectivity index (χ2n) is 1.73. The molecule has 0 saturated carbocycles. The number of hydrogen-bond acceptors (Lipinski definition) is 2. The van der Waals surface area contributed by atoms with Crippen molar-refractivity contribution < 1.29 is 5.11 Å². The average molecular weight is 144 g/mol. The SMILES string of the molecule is Cc1nccc(Cl)c1O. The quantitative estimate of drug-likeness (QED) is 0.600. The Morgan fingerprint density at radius 1 is 1.67 bits per heavy atom. The molecule has 0 atom stereocenters. The number of aryl methyl sites for hydroxylation is 1. The normalized spacial score (nSPS) is 9.56. The molecule has 0 aliphatic rings. The first-order valence-corrected chi connectivity index (χ1v) is 2.89. The molecule has 1 rings (SSSR count). The van der Waals surface area contributed by atoms with Crippen LogP contribution in [0.3, 0.4) is 0 Å². The van der Waals surface area contributed by atoms with Crippen LogP contribution >= 0.6 is 11.6 Å². The fourth-order valence-corrected chi connectivity index (χ4v) is 0.720. The maximum atomic E-state index is 9.01. The molecule has 0 aliphatic carbocycles. The molecule has 1 N–H and O–H groups in total. The molecule has 1 aromatic rings. The molecule has 0 bridgehead atoms. The van der Waals surface area contributed by atoms with Crippen LogP contribution in [0.25, 0.3) is 0 Å². The summed E-state index contributed by atoms with van der Waals surface area (Å²) in [4.78, 5) is 3.81. The van der Waals surface area contributed by atoms with Gasteiger partial charge in [0.25, 0.3) is 0 Å². The highest BCUT2D eigenvalue weighted by molar-refractivity contribution is 6.32. The van der Waals surface area contributed by atoms with Crippen LogP contribution in [-0.4, -0.2) is 10.1 Å². The van der Waals surface area contributed by atoms with E-state index in [2.05, 4.69) is 4.98 Å². The predicted octanol–water partition coefficient (Wildman–Crippen LogP) is 1.75. The number of nitrogens with zero attached hydrogens (tertiary/aromatic N) is 1. The van der Waals surface area contributed by atoms with E-state index in [0.29, 0.717) is 10.7 Å². The van der Waals surface area contributed by atoms with Gasteiger partial charge in [-0.2, -0.15) is 0 Å². The number of pyridine rings is 1. The minimum atomic E-state index is 0.0687. The monoisotopic (exact) mass is 143 g/mol. The van der Waals surface area contributed by atoms with Crippen LogP contribution < -0.4 is 0 Å². The van der Waals surface area contributed by atoms with Gasteiger partial charge in [-0.1, -0.05) is 11.6 Å². The second kappa shape index (κ2) is 2.23. The first-order chi connectivity index (χ1) is 4.22. The lowest BCUT2D eigenvalue weighted by molar-refractivity contribution is 0.468. The van der Waals surface area contributed by atoms with E-state index < -0.39 is 0 Å². The summed E-state index contributed by atoms with van der Waals surface area (Å²) < 4.78 is 0. The van der Waals surface area contributed by atoms with Crippen molar-refractivity contribution in [2.45, 2.75) is 6.92 Å². The van der Waals surface area contributed by atoms with Gasteiger partial charge in [0.1, 0.15) is 0 Å². The Morgan fingerprint density at radius 3 is 2.78 bits per heavy atom. The molecule has 1 aromatic heterocycles. The van der Waals surface area contributed by atoms with Crippen LogP contribution in [0.2, 0.25) is 5.02 Å². The lowest BCUT2D eigenvalue weighted by atomic mass is 10.3. The molecule has 3 heteroatoms. The second-order valence-corrected chi connectivity index (χ2v) is 2.13. The third-order valence-electron chi connectivity index (χ3n) is 1.06. The van der Waals surface area contributed by atoms with Crippen molar-refractivity contribution in [3.05, 3.63) is 23.0 Å². The van der Waals surface area contributed by atoms with Gasteiger partial charge < -0.3 is 5.11 Å². The summed E-state index contributed by atoms with van der Waals surface area (Å²) in [6, 6.07) is 1.55. The van der Waals surface area contributed by atoms with E-state index in [1.807, 2.05) is 0 Å². The van der Waals surface area contributed by atoms with Gasteiger partial charge in [-0.05, 0) is 13.0 Å². The molecule has 1 heterocycles. The fourth-order valence-electron chi connectivity index (χ4n) is 0.527. The first-order valence-electron chi connectivity index (χ1n) is 2.52. The molecule has 48 valence electrons. The van der Waals surface area contributed by atoms with Gasteiger partial charge in [-0.15, -0.1) is 0 Å². The summed E-state index contributed by atoms with van der Waals surface area (Å²) in [5.74, 6) is 0.0687. The van der Waals surface area contributed by atoms with Gasteiger partial charge >= 0.3 is 0 Å². The van der Waals surface area contributed by atoms with Crippen molar-refractivity contribution in [3.63, 3.8) is 0 Å². The van der Waals surface area contributed by atoms with Gasteiger partial charge in [0.15, 0.2) is 5.75 Å². The molecule has 0 saturated heterocycles. The summed E-state index contributed by atoms with van der Waals surface area (Å²) in [5, 5.41) is 9.36. The third-order valence-corrected chi connectivity index (χ3v) is 1.36. The van der Waals surface area contributed by atoms with Crippen LogP contribution in [0, 0.1) is 6.92 Å². The summed E-state index contributed by atoms with van der Waals surface area (Å²) in [7, 11) is 0. The van der Waals surface area contributed by atoms with Gasteiger partial charge in [-0.25, -0.2) is 0 Å². The Balaban J connectivity index is 3.25. The molecular weight excluding hydrogens is 138 g/mol. The molecule has 0 aromatic carbocycles. The molecule has 0 aliphatic heterocycles.